The predicted molar refractivity (Wildman–Crippen MR) is 119 cm³/mol. The molecule has 0 bridgehead atoms. The average molecular weight is 486 g/mol. The number of halogens is 1. The number of aromatic nitrogens is 4. The zero-order valence-electron chi connectivity index (χ0n) is 17.5. The summed E-state index contributed by atoms with van der Waals surface area (Å²) in [4.78, 5) is 0.115. The molecule has 0 aliphatic heterocycles. The first kappa shape index (κ1) is 24.3. The summed E-state index contributed by atoms with van der Waals surface area (Å²) in [5.41, 5.74) is 2.88. The Hall–Kier alpha value is -3.31. The molecule has 11 heteroatoms. The molecule has 0 amide bonds. The molecule has 0 aliphatic carbocycles. The number of sulfonamides is 1. The van der Waals surface area contributed by atoms with Gasteiger partial charge in [-0.25, -0.2) is 13.6 Å². The van der Waals surface area contributed by atoms with Crippen LogP contribution in [0.4, 0.5) is 0 Å². The molecule has 0 unspecified atom stereocenters. The van der Waals surface area contributed by atoms with Crippen LogP contribution in [0.1, 0.15) is 11.1 Å². The standard InChI is InChI=1S/C22H22N6O3S.ClH/c23-32(29,30)21-11-9-17(10-12-21)13-14-24-16-18-5-4-8-20(15-18)31-22-25-26-27-28(22)19-6-2-1-3-7-19;/h1-12,15,24H,13-14,16H2,(H2,23,29,30);1H/p-1. The molecule has 0 radical (unpaired) electrons. The molecule has 0 atom stereocenters. The molecule has 0 fully saturated rings. The lowest BCUT2D eigenvalue weighted by Gasteiger charge is -2.09. The van der Waals surface area contributed by atoms with E-state index in [1.165, 1.54) is 16.8 Å². The van der Waals surface area contributed by atoms with E-state index in [0.717, 1.165) is 29.8 Å². The Morgan fingerprint density at radius 2 is 1.70 bits per heavy atom. The molecule has 1 aromatic heterocycles. The number of primary sulfonamides is 1. The second kappa shape index (κ2) is 11.0. The maximum atomic E-state index is 11.3. The third kappa shape index (κ3) is 6.59. The number of para-hydroxylation sites is 1. The van der Waals surface area contributed by atoms with Gasteiger partial charge in [-0.1, -0.05) is 47.6 Å². The number of tetrazole rings is 1. The van der Waals surface area contributed by atoms with E-state index in [1.54, 1.807) is 12.1 Å². The van der Waals surface area contributed by atoms with E-state index in [9.17, 15) is 8.42 Å². The van der Waals surface area contributed by atoms with Gasteiger partial charge in [0.05, 0.1) is 10.6 Å². The molecular formula is C22H22ClN6O3S-. The molecule has 0 aliphatic rings. The first-order valence-corrected chi connectivity index (χ1v) is 11.5. The van der Waals surface area contributed by atoms with Gasteiger partial charge in [0.1, 0.15) is 5.75 Å². The molecule has 1 heterocycles. The highest BCUT2D eigenvalue weighted by Crippen LogP contribution is 2.22. The summed E-state index contributed by atoms with van der Waals surface area (Å²) < 4.78 is 30.1. The van der Waals surface area contributed by atoms with Crippen molar-refractivity contribution in [2.24, 2.45) is 5.14 Å². The van der Waals surface area contributed by atoms with Crippen LogP contribution in [0.25, 0.3) is 5.69 Å². The fraction of sp³-hybridized carbons (Fsp3) is 0.136. The summed E-state index contributed by atoms with van der Waals surface area (Å²) in [6.45, 7) is 1.38. The van der Waals surface area contributed by atoms with Crippen molar-refractivity contribution in [3.8, 4) is 17.4 Å². The van der Waals surface area contributed by atoms with Crippen LogP contribution in [-0.2, 0) is 23.0 Å². The summed E-state index contributed by atoms with van der Waals surface area (Å²) >= 11 is 0. The molecule has 0 spiro atoms. The van der Waals surface area contributed by atoms with E-state index in [-0.39, 0.29) is 23.3 Å². The fourth-order valence-electron chi connectivity index (χ4n) is 3.11. The smallest absolute Gasteiger partial charge is 0.345 e. The van der Waals surface area contributed by atoms with Crippen molar-refractivity contribution in [2.45, 2.75) is 17.9 Å². The van der Waals surface area contributed by atoms with E-state index in [4.69, 9.17) is 9.88 Å². The Kier molecular flexibility index (Phi) is 8.12. The molecule has 9 nitrogen and oxygen atoms in total. The zero-order chi connectivity index (χ0) is 22.4. The van der Waals surface area contributed by atoms with E-state index in [2.05, 4.69) is 20.8 Å². The Bertz CT molecular complexity index is 1280. The number of benzene rings is 3. The third-order valence-electron chi connectivity index (χ3n) is 4.72. The minimum Gasteiger partial charge on any atom is -1.00 e. The van der Waals surface area contributed by atoms with Gasteiger partial charge >= 0.3 is 6.01 Å². The van der Waals surface area contributed by atoms with Gasteiger partial charge in [-0.3, -0.25) is 0 Å². The monoisotopic (exact) mass is 485 g/mol. The van der Waals surface area contributed by atoms with Gasteiger partial charge in [0.25, 0.3) is 0 Å². The molecule has 33 heavy (non-hydrogen) atoms. The van der Waals surface area contributed by atoms with E-state index in [1.807, 2.05) is 54.6 Å². The number of hydrogen-bond acceptors (Lipinski definition) is 7. The fourth-order valence-corrected chi connectivity index (χ4v) is 3.62. The SMILES string of the molecule is NS(=O)(=O)c1ccc(CCNCc2cccc(Oc3nnnn3-c3ccccc3)c2)cc1.[Cl-]. The van der Waals surface area contributed by atoms with Gasteiger partial charge in [-0.05, 0) is 70.9 Å². The van der Waals surface area contributed by atoms with Gasteiger partial charge in [-0.2, -0.15) is 4.68 Å². The Labute approximate surface area is 198 Å². The van der Waals surface area contributed by atoms with Gasteiger partial charge in [0.15, 0.2) is 0 Å². The van der Waals surface area contributed by atoms with Gasteiger partial charge in [-0.15, -0.1) is 0 Å². The first-order chi connectivity index (χ1) is 15.5. The third-order valence-corrected chi connectivity index (χ3v) is 5.65. The van der Waals surface area contributed by atoms with E-state index in [0.29, 0.717) is 12.3 Å². The van der Waals surface area contributed by atoms with Crippen molar-refractivity contribution in [3.63, 3.8) is 0 Å². The maximum absolute atomic E-state index is 11.3. The Balaban J connectivity index is 0.00000306. The number of nitrogens with zero attached hydrogens (tertiary/aromatic N) is 4. The van der Waals surface area contributed by atoms with Gasteiger partial charge < -0.3 is 22.5 Å². The largest absolute Gasteiger partial charge is 1.00 e. The van der Waals surface area contributed by atoms with Crippen LogP contribution in [0.3, 0.4) is 0 Å². The summed E-state index contributed by atoms with van der Waals surface area (Å²) in [7, 11) is -3.66. The summed E-state index contributed by atoms with van der Waals surface area (Å²) in [6.07, 6.45) is 0.757. The molecule has 172 valence electrons. The lowest BCUT2D eigenvalue weighted by molar-refractivity contribution is -0.00000988. The van der Waals surface area contributed by atoms with Crippen LogP contribution >= 0.6 is 0 Å². The molecule has 0 saturated carbocycles. The lowest BCUT2D eigenvalue weighted by atomic mass is 10.1. The Morgan fingerprint density at radius 1 is 0.939 bits per heavy atom. The van der Waals surface area contributed by atoms with Crippen LogP contribution in [0, 0.1) is 0 Å². The molecule has 4 rings (SSSR count). The highest BCUT2D eigenvalue weighted by molar-refractivity contribution is 7.89. The lowest BCUT2D eigenvalue weighted by Crippen LogP contribution is -3.00. The number of nitrogens with two attached hydrogens (primary N) is 1. The van der Waals surface area contributed by atoms with Crippen molar-refractivity contribution < 1.29 is 25.6 Å². The van der Waals surface area contributed by atoms with Crippen molar-refractivity contribution in [1.82, 2.24) is 25.5 Å². The maximum Gasteiger partial charge on any atom is 0.345 e. The summed E-state index contributed by atoms with van der Waals surface area (Å²) in [5, 5.41) is 20.2. The van der Waals surface area contributed by atoms with E-state index < -0.39 is 10.0 Å². The first-order valence-electron chi connectivity index (χ1n) is 9.92. The number of rotatable bonds is 9. The molecule has 0 saturated heterocycles. The second-order valence-corrected chi connectivity index (χ2v) is 8.64. The summed E-state index contributed by atoms with van der Waals surface area (Å²) in [5.74, 6) is 0.634. The molecule has 3 aromatic carbocycles. The van der Waals surface area contributed by atoms with Gasteiger partial charge in [0.2, 0.25) is 10.0 Å². The van der Waals surface area contributed by atoms with Gasteiger partial charge in [0, 0.05) is 6.54 Å². The minimum atomic E-state index is -3.66. The number of nitrogens with one attached hydrogen (secondary N) is 1. The minimum absolute atomic E-state index is 0. The highest BCUT2D eigenvalue weighted by atomic mass is 35.5. The highest BCUT2D eigenvalue weighted by Gasteiger charge is 2.11. The molecular weight excluding hydrogens is 464 g/mol. The average Bonchev–Trinajstić information content (AvgIpc) is 3.25. The van der Waals surface area contributed by atoms with Crippen LogP contribution < -0.4 is 27.6 Å². The predicted octanol–water partition coefficient (Wildman–Crippen LogP) is -0.562. The van der Waals surface area contributed by atoms with Crippen molar-refractivity contribution in [2.75, 3.05) is 6.54 Å². The molecule has 4 aromatic rings. The van der Waals surface area contributed by atoms with Crippen LogP contribution in [0.2, 0.25) is 0 Å². The van der Waals surface area contributed by atoms with Crippen molar-refractivity contribution in [1.29, 1.82) is 0 Å². The van der Waals surface area contributed by atoms with E-state index >= 15 is 0 Å². The number of hydrogen-bond donors (Lipinski definition) is 2. The second-order valence-electron chi connectivity index (χ2n) is 7.07. The van der Waals surface area contributed by atoms with Crippen LogP contribution in [0.15, 0.2) is 83.8 Å². The van der Waals surface area contributed by atoms with Crippen molar-refractivity contribution >= 4 is 10.0 Å². The normalized spacial score (nSPS) is 11.1. The zero-order valence-corrected chi connectivity index (χ0v) is 19.1. The number of ether oxygens (including phenoxy) is 1. The quantitative estimate of drug-likeness (QED) is 0.304. The van der Waals surface area contributed by atoms with Crippen LogP contribution in [-0.4, -0.2) is 35.2 Å². The summed E-state index contributed by atoms with van der Waals surface area (Å²) in [6, 6.07) is 24.1. The molecule has 3 N–H and O–H groups in total. The Morgan fingerprint density at radius 3 is 2.42 bits per heavy atom. The van der Waals surface area contributed by atoms with Crippen LogP contribution in [0.5, 0.6) is 11.8 Å². The topological polar surface area (TPSA) is 125 Å². The van der Waals surface area contributed by atoms with Crippen molar-refractivity contribution in [3.05, 3.63) is 90.0 Å².